The van der Waals surface area contributed by atoms with E-state index in [4.69, 9.17) is 15.4 Å². The fourth-order valence-corrected chi connectivity index (χ4v) is 22.9. The molecule has 294 valence electrons. The molecule has 0 saturated heterocycles. The first-order chi connectivity index (χ1) is 23.5. The van der Waals surface area contributed by atoms with Crippen LogP contribution in [0, 0.1) is 35.0 Å². The Morgan fingerprint density at radius 3 is 1.76 bits per heavy atom. The lowest BCUT2D eigenvalue weighted by atomic mass is 9.61. The average molecular weight is 741 g/mol. The first kappa shape index (κ1) is 44.7. The Bertz CT molecular complexity index is 1210. The summed E-state index contributed by atoms with van der Waals surface area (Å²) in [6.07, 6.45) is 16.9. The lowest BCUT2D eigenvalue weighted by molar-refractivity contribution is -0.170. The summed E-state index contributed by atoms with van der Waals surface area (Å²) < 4.78 is 14.9. The molecule has 0 radical (unpaired) electrons. The van der Waals surface area contributed by atoms with Crippen LogP contribution in [0.5, 0.6) is 0 Å². The van der Waals surface area contributed by atoms with Gasteiger partial charge in [-0.3, -0.25) is 0 Å². The van der Waals surface area contributed by atoms with Gasteiger partial charge in [0.05, 0.1) is 6.10 Å². The molecule has 5 heteroatoms. The van der Waals surface area contributed by atoms with Gasteiger partial charge >= 0.3 is 0 Å². The monoisotopic (exact) mass is 741 g/mol. The van der Waals surface area contributed by atoms with Gasteiger partial charge in [-0.15, -0.1) is 0 Å². The molecule has 0 heterocycles. The summed E-state index contributed by atoms with van der Waals surface area (Å²) in [5.41, 5.74) is 6.64. The summed E-state index contributed by atoms with van der Waals surface area (Å²) in [5.74, 6) is 1.96. The third kappa shape index (κ3) is 9.06. The number of hydrogen-bond donors (Lipinski definition) is 1. The van der Waals surface area contributed by atoms with Gasteiger partial charge in [0.2, 0.25) is 16.6 Å². The van der Waals surface area contributed by atoms with Crippen LogP contribution in [-0.4, -0.2) is 33.6 Å². The van der Waals surface area contributed by atoms with Crippen molar-refractivity contribution in [3.05, 3.63) is 47.6 Å². The van der Waals surface area contributed by atoms with Crippen molar-refractivity contribution in [1.82, 2.24) is 0 Å². The summed E-state index contributed by atoms with van der Waals surface area (Å²) >= 11 is 0. The first-order valence-electron chi connectivity index (χ1n) is 21.4. The minimum absolute atomic E-state index is 0.251. The molecule has 1 unspecified atom stereocenters. The molecule has 3 aliphatic rings. The number of aliphatic hydroxyl groups is 1. The fraction of sp³-hybridized carbons (Fsp3) is 0.826. The second-order valence-electron chi connectivity index (χ2n) is 20.1. The van der Waals surface area contributed by atoms with E-state index in [1.54, 1.807) is 5.57 Å². The van der Waals surface area contributed by atoms with Crippen LogP contribution in [0.4, 0.5) is 0 Å². The molecule has 7 atom stereocenters. The molecule has 51 heavy (non-hydrogen) atoms. The highest BCUT2D eigenvalue weighted by Gasteiger charge is 2.55. The molecule has 0 amide bonds. The Balaban J connectivity index is 2.08. The van der Waals surface area contributed by atoms with Crippen molar-refractivity contribution in [2.24, 2.45) is 35.0 Å². The maximum Gasteiger partial charge on any atom is 0.204 e. The number of fused-ring (bicyclic) bond motifs is 1. The third-order valence-electron chi connectivity index (χ3n) is 14.8. The predicted molar refractivity (Wildman–Crippen MR) is 228 cm³/mol. The fourth-order valence-electron chi connectivity index (χ4n) is 11.9. The van der Waals surface area contributed by atoms with Crippen LogP contribution in [0.2, 0.25) is 33.2 Å². The largest absolute Gasteiger partial charge is 0.409 e. The van der Waals surface area contributed by atoms with E-state index in [2.05, 4.69) is 142 Å². The normalized spacial score (nSPS) is 31.2. The molecule has 0 aromatic carbocycles. The van der Waals surface area contributed by atoms with Gasteiger partial charge < -0.3 is 14.0 Å². The zero-order chi connectivity index (χ0) is 38.9. The Morgan fingerprint density at radius 2 is 1.27 bits per heavy atom. The summed E-state index contributed by atoms with van der Waals surface area (Å²) in [4.78, 5) is 0. The molecule has 0 bridgehead atoms. The van der Waals surface area contributed by atoms with E-state index < -0.39 is 22.4 Å². The topological polar surface area (TPSA) is 38.7 Å². The Hall–Kier alpha value is -0.726. The predicted octanol–water partition coefficient (Wildman–Crippen LogP) is 14.3. The lowest BCUT2D eigenvalue weighted by Gasteiger charge is -2.52. The van der Waals surface area contributed by atoms with Crippen LogP contribution >= 0.6 is 0 Å². The molecule has 0 aromatic rings. The molecule has 3 fully saturated rings. The highest BCUT2D eigenvalue weighted by molar-refractivity contribution is 6.78. The van der Waals surface area contributed by atoms with Gasteiger partial charge in [0.1, 0.15) is 0 Å². The van der Waals surface area contributed by atoms with Gasteiger partial charge in [0, 0.05) is 12.8 Å². The second kappa shape index (κ2) is 17.4. The molecule has 3 aliphatic carbocycles. The third-order valence-corrected chi connectivity index (χ3v) is 27.1. The second-order valence-corrected chi connectivity index (χ2v) is 30.9. The van der Waals surface area contributed by atoms with Crippen LogP contribution in [0.15, 0.2) is 47.6 Å². The van der Waals surface area contributed by atoms with Crippen molar-refractivity contribution >= 4 is 16.6 Å². The standard InChI is InChI=1S/C46H84O3Si2/c1-30(2)37(15)21-22-38(16)42-25-26-43-40(20-19-27-45(42,43)18)23-24-41-28-46(47,49-51(34(9)10,35(11)12)36(13)14)29-44(39(41)17)48-50(31(3)4,32(5)6)33(7)8/h21-24,30-38,42-44,47H,17,19-20,25-29H2,1-16,18H3/b22-21+,40-23?,41-24?/t37-,38+,42+,43?,44+,45+,46+/m0/s1. The minimum atomic E-state index is -2.39. The maximum absolute atomic E-state index is 12.8. The summed E-state index contributed by atoms with van der Waals surface area (Å²) in [6, 6.07) is 0. The van der Waals surface area contributed by atoms with E-state index in [-0.39, 0.29) is 6.10 Å². The molecular formula is C46H84O3Si2. The quantitative estimate of drug-likeness (QED) is 0.103. The van der Waals surface area contributed by atoms with Crippen molar-refractivity contribution in [3.8, 4) is 0 Å². The first-order valence-corrected chi connectivity index (χ1v) is 25.7. The van der Waals surface area contributed by atoms with Crippen molar-refractivity contribution in [2.45, 2.75) is 208 Å². The molecule has 0 spiro atoms. The lowest BCUT2D eigenvalue weighted by Crippen LogP contribution is -2.58. The summed E-state index contributed by atoms with van der Waals surface area (Å²) in [5, 5.41) is 12.8. The van der Waals surface area contributed by atoms with Gasteiger partial charge in [-0.1, -0.05) is 154 Å². The van der Waals surface area contributed by atoms with Crippen LogP contribution in [0.1, 0.15) is 163 Å². The minimum Gasteiger partial charge on any atom is -0.409 e. The Labute approximate surface area is 319 Å². The Morgan fingerprint density at radius 1 is 0.745 bits per heavy atom. The number of hydrogen-bond acceptors (Lipinski definition) is 3. The van der Waals surface area contributed by atoms with E-state index in [0.717, 1.165) is 17.1 Å². The molecule has 1 N–H and O–H groups in total. The summed E-state index contributed by atoms with van der Waals surface area (Å²) in [7, 11) is -4.65. The van der Waals surface area contributed by atoms with E-state index in [9.17, 15) is 5.11 Å². The molecule has 3 nitrogen and oxygen atoms in total. The molecule has 0 aromatic heterocycles. The van der Waals surface area contributed by atoms with Gasteiger partial charge in [0.25, 0.3) is 0 Å². The smallest absolute Gasteiger partial charge is 0.204 e. The van der Waals surface area contributed by atoms with Gasteiger partial charge in [0.15, 0.2) is 5.79 Å². The van der Waals surface area contributed by atoms with E-state index in [1.165, 1.54) is 32.1 Å². The molecule has 0 aliphatic heterocycles. The van der Waals surface area contributed by atoms with E-state index in [0.29, 0.717) is 75.2 Å². The maximum atomic E-state index is 12.8. The van der Waals surface area contributed by atoms with Gasteiger partial charge in [-0.2, -0.15) is 0 Å². The summed E-state index contributed by atoms with van der Waals surface area (Å²) in [6.45, 7) is 44.9. The number of rotatable bonds is 15. The van der Waals surface area contributed by atoms with Crippen molar-refractivity contribution in [1.29, 1.82) is 0 Å². The van der Waals surface area contributed by atoms with E-state index >= 15 is 0 Å². The van der Waals surface area contributed by atoms with Gasteiger partial charge in [-0.05, 0) is 112 Å². The molecule has 3 rings (SSSR count). The van der Waals surface area contributed by atoms with Crippen molar-refractivity contribution in [2.75, 3.05) is 0 Å². The highest BCUT2D eigenvalue weighted by Crippen LogP contribution is 2.60. The zero-order valence-corrected chi connectivity index (χ0v) is 38.7. The van der Waals surface area contributed by atoms with Gasteiger partial charge in [-0.25, -0.2) is 0 Å². The molecular weight excluding hydrogens is 657 g/mol. The number of allylic oxidation sites excluding steroid dienone is 5. The zero-order valence-electron chi connectivity index (χ0n) is 36.7. The molecule has 3 saturated carbocycles. The van der Waals surface area contributed by atoms with E-state index in [1.807, 2.05) is 0 Å². The Kier molecular flexibility index (Phi) is 15.2. The van der Waals surface area contributed by atoms with Crippen molar-refractivity contribution < 1.29 is 14.0 Å². The highest BCUT2D eigenvalue weighted by atomic mass is 28.4. The van der Waals surface area contributed by atoms with Crippen LogP contribution in [0.3, 0.4) is 0 Å². The average Bonchev–Trinajstić information content (AvgIpc) is 3.38. The van der Waals surface area contributed by atoms with Crippen molar-refractivity contribution in [3.63, 3.8) is 0 Å². The van der Waals surface area contributed by atoms with Crippen LogP contribution < -0.4 is 0 Å². The van der Waals surface area contributed by atoms with Crippen LogP contribution in [0.25, 0.3) is 0 Å². The SMILES string of the molecule is C=C1C(=CC=C2CCC[C@@]3(C)C2CC[C@@H]3[C@H](C)/C=C/[C@H](C)C(C)C)C[C@@](O)(O[Si](C(C)C)(C(C)C)C(C)C)C[C@H]1O[Si](C(C)C)(C(C)C)C(C)C. The van der Waals surface area contributed by atoms with Crippen LogP contribution in [-0.2, 0) is 8.85 Å².